The molecule has 1 amide bonds. The molecule has 0 N–H and O–H groups in total. The Balaban J connectivity index is 1.86. The van der Waals surface area contributed by atoms with E-state index in [-0.39, 0.29) is 12.5 Å². The number of para-hydroxylation sites is 1. The topological polar surface area (TPSA) is 29.5 Å². The number of hydrogen-bond donors (Lipinski definition) is 0. The minimum absolute atomic E-state index is 0.0248. The van der Waals surface area contributed by atoms with Gasteiger partial charge in [-0.3, -0.25) is 4.79 Å². The fourth-order valence-corrected chi connectivity index (χ4v) is 2.84. The van der Waals surface area contributed by atoms with Crippen LogP contribution >= 0.6 is 11.6 Å². The van der Waals surface area contributed by atoms with Crippen molar-refractivity contribution in [3.63, 3.8) is 0 Å². The molecule has 0 saturated heterocycles. The molecule has 1 saturated carbocycles. The number of rotatable bonds is 4. The lowest BCUT2D eigenvalue weighted by Crippen LogP contribution is -2.39. The fraction of sp³-hybridized carbons (Fsp3) is 0.562. The normalized spacial score (nSPS) is 16.5. The van der Waals surface area contributed by atoms with E-state index in [1.807, 2.05) is 24.1 Å². The number of carbonyl (C=O) groups is 1. The first-order chi connectivity index (χ1) is 9.68. The highest BCUT2D eigenvalue weighted by atomic mass is 35.5. The Morgan fingerprint density at radius 1 is 1.25 bits per heavy atom. The predicted octanol–water partition coefficient (Wildman–Crippen LogP) is 3.90. The van der Waals surface area contributed by atoms with Crippen LogP contribution < -0.4 is 4.74 Å². The number of nitrogens with zero attached hydrogens (tertiary/aromatic N) is 1. The molecule has 2 rings (SSSR count). The van der Waals surface area contributed by atoms with Gasteiger partial charge >= 0.3 is 0 Å². The van der Waals surface area contributed by atoms with Crippen LogP contribution in [0.2, 0.25) is 5.02 Å². The van der Waals surface area contributed by atoms with Crippen molar-refractivity contribution >= 4 is 17.5 Å². The molecule has 0 atom stereocenters. The van der Waals surface area contributed by atoms with E-state index in [0.717, 1.165) is 12.8 Å². The van der Waals surface area contributed by atoms with Crippen LogP contribution in [0, 0.1) is 0 Å². The van der Waals surface area contributed by atoms with Crippen molar-refractivity contribution in [1.82, 2.24) is 4.90 Å². The number of hydrogen-bond acceptors (Lipinski definition) is 2. The Kier molecular flexibility index (Phi) is 5.72. The summed E-state index contributed by atoms with van der Waals surface area (Å²) in [6.45, 7) is 0.0523. The predicted molar refractivity (Wildman–Crippen MR) is 81.2 cm³/mol. The van der Waals surface area contributed by atoms with E-state index in [0.29, 0.717) is 16.8 Å². The van der Waals surface area contributed by atoms with Gasteiger partial charge in [0.2, 0.25) is 0 Å². The zero-order valence-electron chi connectivity index (χ0n) is 12.0. The number of benzene rings is 1. The summed E-state index contributed by atoms with van der Waals surface area (Å²) >= 11 is 6.01. The standard InChI is InChI=1S/C16H22ClNO2/c1-18(13-8-4-2-3-5-9-13)16(19)12-20-15-11-7-6-10-14(15)17/h6-7,10-11,13H,2-5,8-9,12H2,1H3. The number of carbonyl (C=O) groups excluding carboxylic acids is 1. The number of halogens is 1. The van der Waals surface area contributed by atoms with E-state index < -0.39 is 0 Å². The second kappa shape index (κ2) is 7.53. The lowest BCUT2D eigenvalue weighted by atomic mass is 10.1. The zero-order chi connectivity index (χ0) is 14.4. The Morgan fingerprint density at radius 2 is 1.90 bits per heavy atom. The highest BCUT2D eigenvalue weighted by Crippen LogP contribution is 2.24. The van der Waals surface area contributed by atoms with Crippen molar-refractivity contribution in [2.24, 2.45) is 0 Å². The minimum Gasteiger partial charge on any atom is -0.482 e. The molecule has 0 heterocycles. The number of likely N-dealkylation sites (N-methyl/N-ethyl adjacent to an activating group) is 1. The molecular formula is C16H22ClNO2. The molecule has 20 heavy (non-hydrogen) atoms. The summed E-state index contributed by atoms with van der Waals surface area (Å²) in [5.41, 5.74) is 0. The zero-order valence-corrected chi connectivity index (χ0v) is 12.7. The number of ether oxygens (including phenoxy) is 1. The first-order valence-electron chi connectivity index (χ1n) is 7.31. The summed E-state index contributed by atoms with van der Waals surface area (Å²) in [5.74, 6) is 0.591. The molecule has 0 radical (unpaired) electrons. The van der Waals surface area contributed by atoms with Gasteiger partial charge in [0, 0.05) is 13.1 Å². The molecule has 0 unspecified atom stereocenters. The molecule has 0 aromatic heterocycles. The second-order valence-electron chi connectivity index (χ2n) is 5.37. The molecule has 1 aliphatic rings. The molecule has 0 bridgehead atoms. The third-order valence-electron chi connectivity index (χ3n) is 3.95. The van der Waals surface area contributed by atoms with Crippen molar-refractivity contribution in [3.8, 4) is 5.75 Å². The summed E-state index contributed by atoms with van der Waals surface area (Å²) in [6, 6.07) is 7.59. The minimum atomic E-state index is 0.0248. The largest absolute Gasteiger partial charge is 0.482 e. The summed E-state index contributed by atoms with van der Waals surface area (Å²) in [5, 5.41) is 0.539. The molecule has 1 fully saturated rings. The van der Waals surface area contributed by atoms with Crippen LogP contribution in [0.1, 0.15) is 38.5 Å². The molecule has 110 valence electrons. The van der Waals surface area contributed by atoms with Crippen LogP contribution in [0.5, 0.6) is 5.75 Å². The quantitative estimate of drug-likeness (QED) is 0.789. The second-order valence-corrected chi connectivity index (χ2v) is 5.78. The molecule has 1 aromatic rings. The monoisotopic (exact) mass is 295 g/mol. The van der Waals surface area contributed by atoms with E-state index in [1.54, 1.807) is 12.1 Å². The molecule has 4 heteroatoms. The third-order valence-corrected chi connectivity index (χ3v) is 4.27. The van der Waals surface area contributed by atoms with Crippen LogP contribution in [0.15, 0.2) is 24.3 Å². The van der Waals surface area contributed by atoms with Crippen molar-refractivity contribution < 1.29 is 9.53 Å². The SMILES string of the molecule is CN(C(=O)COc1ccccc1Cl)C1CCCCCC1. The van der Waals surface area contributed by atoms with E-state index >= 15 is 0 Å². The summed E-state index contributed by atoms with van der Waals surface area (Å²) in [7, 11) is 1.88. The average molecular weight is 296 g/mol. The van der Waals surface area contributed by atoms with E-state index in [2.05, 4.69) is 0 Å². The van der Waals surface area contributed by atoms with Gasteiger partial charge in [0.15, 0.2) is 6.61 Å². The maximum atomic E-state index is 12.2. The van der Waals surface area contributed by atoms with Gasteiger partial charge in [-0.25, -0.2) is 0 Å². The van der Waals surface area contributed by atoms with Gasteiger partial charge < -0.3 is 9.64 Å². The highest BCUT2D eigenvalue weighted by Gasteiger charge is 2.21. The Morgan fingerprint density at radius 3 is 2.55 bits per heavy atom. The van der Waals surface area contributed by atoms with Crippen LogP contribution in [0.3, 0.4) is 0 Å². The third kappa shape index (κ3) is 4.14. The lowest BCUT2D eigenvalue weighted by molar-refractivity contribution is -0.134. The fourth-order valence-electron chi connectivity index (χ4n) is 2.65. The van der Waals surface area contributed by atoms with Crippen molar-refractivity contribution in [2.75, 3.05) is 13.7 Å². The van der Waals surface area contributed by atoms with Gasteiger partial charge in [-0.1, -0.05) is 49.4 Å². The maximum absolute atomic E-state index is 12.2. The molecule has 3 nitrogen and oxygen atoms in total. The van der Waals surface area contributed by atoms with E-state index in [1.165, 1.54) is 25.7 Å². The van der Waals surface area contributed by atoms with Crippen LogP contribution in [0.4, 0.5) is 0 Å². The van der Waals surface area contributed by atoms with Crippen LogP contribution in [-0.4, -0.2) is 30.5 Å². The summed E-state index contributed by atoms with van der Waals surface area (Å²) < 4.78 is 5.52. The number of amides is 1. The smallest absolute Gasteiger partial charge is 0.260 e. The Hall–Kier alpha value is -1.22. The molecule has 0 aliphatic heterocycles. The van der Waals surface area contributed by atoms with Gasteiger partial charge in [0.1, 0.15) is 5.75 Å². The van der Waals surface area contributed by atoms with Gasteiger partial charge in [-0.05, 0) is 25.0 Å². The van der Waals surface area contributed by atoms with Crippen LogP contribution in [0.25, 0.3) is 0 Å². The highest BCUT2D eigenvalue weighted by molar-refractivity contribution is 6.32. The van der Waals surface area contributed by atoms with Crippen molar-refractivity contribution in [1.29, 1.82) is 0 Å². The van der Waals surface area contributed by atoms with Gasteiger partial charge in [0.25, 0.3) is 5.91 Å². The molecular weight excluding hydrogens is 274 g/mol. The molecule has 0 spiro atoms. The van der Waals surface area contributed by atoms with Crippen molar-refractivity contribution in [2.45, 2.75) is 44.6 Å². The van der Waals surface area contributed by atoms with E-state index in [9.17, 15) is 4.79 Å². The van der Waals surface area contributed by atoms with Gasteiger partial charge in [-0.2, -0.15) is 0 Å². The lowest BCUT2D eigenvalue weighted by Gasteiger charge is -2.27. The Bertz CT molecular complexity index is 442. The van der Waals surface area contributed by atoms with Crippen molar-refractivity contribution in [3.05, 3.63) is 29.3 Å². The maximum Gasteiger partial charge on any atom is 0.260 e. The molecule has 1 aromatic carbocycles. The molecule has 1 aliphatic carbocycles. The summed E-state index contributed by atoms with van der Waals surface area (Å²) in [4.78, 5) is 14.0. The first kappa shape index (κ1) is 15.2. The summed E-state index contributed by atoms with van der Waals surface area (Å²) in [6.07, 6.45) is 7.22. The van der Waals surface area contributed by atoms with E-state index in [4.69, 9.17) is 16.3 Å². The average Bonchev–Trinajstić information content (AvgIpc) is 2.74. The van der Waals surface area contributed by atoms with Gasteiger partial charge in [0.05, 0.1) is 5.02 Å². The van der Waals surface area contributed by atoms with Crippen LogP contribution in [-0.2, 0) is 4.79 Å². The van der Waals surface area contributed by atoms with Gasteiger partial charge in [-0.15, -0.1) is 0 Å². The Labute approximate surface area is 125 Å². The first-order valence-corrected chi connectivity index (χ1v) is 7.69.